The number of nitrogens with zero attached hydrogens (tertiary/aromatic N) is 4. The summed E-state index contributed by atoms with van der Waals surface area (Å²) in [5, 5.41) is 36.1. The standard InChI is InChI=1S/C26H46N7O17P3S/c1-4-5-15(34)11-54-9-8-28-17(35)6-7-29-24(38)21(37)26(2,3)12-47-53(44,45)50-52(42,43)46-10-16-20(49-51(39,40)41)19(36)25(48-16)33-14-32-18-22(27)30-13-31-23(18)33/h13-16,19-21,25,34,36-37H,4-12H2,1-3H3,(H,28,35)(H,29,38)(H,42,43)(H,44,45)(H2,27,30,31)(H2,39,40,41)/t15?,16-,19-,20-,21+,25-/m1/s1. The molecule has 24 nitrogen and oxygen atoms in total. The molecule has 308 valence electrons. The van der Waals surface area contributed by atoms with E-state index in [2.05, 4.69) is 34.4 Å². The van der Waals surface area contributed by atoms with Crippen molar-refractivity contribution < 1.29 is 80.8 Å². The molecule has 8 atom stereocenters. The Labute approximate surface area is 313 Å². The first-order valence-corrected chi connectivity index (χ1v) is 21.9. The van der Waals surface area contributed by atoms with E-state index in [1.54, 1.807) is 0 Å². The molecule has 3 rings (SSSR count). The maximum absolute atomic E-state index is 12.7. The minimum atomic E-state index is -5.56. The van der Waals surface area contributed by atoms with Crippen molar-refractivity contribution in [3.05, 3.63) is 12.7 Å². The molecule has 0 aromatic carbocycles. The summed E-state index contributed by atoms with van der Waals surface area (Å²) in [7, 11) is -16.4. The van der Waals surface area contributed by atoms with Crippen molar-refractivity contribution in [2.75, 3.05) is 43.5 Å². The molecule has 11 N–H and O–H groups in total. The minimum absolute atomic E-state index is 0.0345. The number of phosphoric ester groups is 3. The number of nitrogens with one attached hydrogen (secondary N) is 2. The van der Waals surface area contributed by atoms with Gasteiger partial charge in [-0.1, -0.05) is 27.2 Å². The third-order valence-electron chi connectivity index (χ3n) is 7.58. The second-order valence-electron chi connectivity index (χ2n) is 12.6. The molecule has 0 saturated carbocycles. The molecule has 0 spiro atoms. The second kappa shape index (κ2) is 19.8. The molecule has 2 aromatic rings. The molecule has 1 aliphatic heterocycles. The van der Waals surface area contributed by atoms with Crippen molar-refractivity contribution in [2.45, 2.75) is 76.8 Å². The Bertz CT molecular complexity index is 1720. The number of aliphatic hydroxyl groups is 3. The molecule has 2 amide bonds. The zero-order valence-corrected chi connectivity index (χ0v) is 32.8. The number of aromatic nitrogens is 4. The maximum atomic E-state index is 12.7. The van der Waals surface area contributed by atoms with Gasteiger partial charge in [0.2, 0.25) is 11.8 Å². The van der Waals surface area contributed by atoms with E-state index < -0.39 is 84.8 Å². The average Bonchev–Trinajstić information content (AvgIpc) is 3.62. The van der Waals surface area contributed by atoms with Gasteiger partial charge in [0.15, 0.2) is 17.7 Å². The number of fused-ring (bicyclic) bond motifs is 1. The summed E-state index contributed by atoms with van der Waals surface area (Å²) >= 11 is 1.48. The van der Waals surface area contributed by atoms with E-state index in [0.717, 1.165) is 23.6 Å². The number of hydrogen-bond donors (Lipinski definition) is 10. The summed E-state index contributed by atoms with van der Waals surface area (Å²) < 4.78 is 62.0. The van der Waals surface area contributed by atoms with Crippen molar-refractivity contribution in [1.29, 1.82) is 0 Å². The third kappa shape index (κ3) is 14.1. The number of carbonyl (C=O) groups is 2. The highest BCUT2D eigenvalue weighted by Gasteiger charge is 2.50. The number of imidazole rings is 1. The van der Waals surface area contributed by atoms with E-state index in [-0.39, 0.29) is 35.9 Å². The molecule has 28 heteroatoms. The smallest absolute Gasteiger partial charge is 0.392 e. The molecule has 3 unspecified atom stereocenters. The van der Waals surface area contributed by atoms with Crippen molar-refractivity contribution >= 4 is 64.0 Å². The molecule has 1 saturated heterocycles. The van der Waals surface area contributed by atoms with Gasteiger partial charge in [-0.15, -0.1) is 0 Å². The van der Waals surface area contributed by atoms with Crippen LogP contribution in [-0.4, -0.2) is 135 Å². The van der Waals surface area contributed by atoms with Gasteiger partial charge in [-0.05, 0) is 6.42 Å². The highest BCUT2D eigenvalue weighted by Crippen LogP contribution is 2.61. The number of nitrogen functional groups attached to an aromatic ring is 1. The van der Waals surface area contributed by atoms with E-state index in [1.807, 2.05) is 6.92 Å². The molecule has 1 aliphatic rings. The molecule has 54 heavy (non-hydrogen) atoms. The molecular weight excluding hydrogens is 807 g/mol. The van der Waals surface area contributed by atoms with Gasteiger partial charge in [0, 0.05) is 36.4 Å². The number of phosphoric acid groups is 3. The average molecular weight is 854 g/mol. The lowest BCUT2D eigenvalue weighted by Crippen LogP contribution is -2.46. The minimum Gasteiger partial charge on any atom is -0.392 e. The first-order valence-electron chi connectivity index (χ1n) is 16.2. The lowest BCUT2D eigenvalue weighted by atomic mass is 9.87. The number of hydrogen-bond acceptors (Lipinski definition) is 18. The predicted molar refractivity (Wildman–Crippen MR) is 188 cm³/mol. The molecule has 3 heterocycles. The summed E-state index contributed by atoms with van der Waals surface area (Å²) in [6.45, 7) is 2.69. The number of ether oxygens (including phenoxy) is 1. The highest BCUT2D eigenvalue weighted by atomic mass is 32.2. The van der Waals surface area contributed by atoms with Gasteiger partial charge in [-0.2, -0.15) is 16.1 Å². The topological polar surface area (TPSA) is 367 Å². The summed E-state index contributed by atoms with van der Waals surface area (Å²) in [6.07, 6.45) is -5.66. The van der Waals surface area contributed by atoms with E-state index in [0.29, 0.717) is 24.5 Å². The van der Waals surface area contributed by atoms with Crippen LogP contribution in [-0.2, 0) is 45.9 Å². The van der Waals surface area contributed by atoms with Crippen molar-refractivity contribution in [3.63, 3.8) is 0 Å². The van der Waals surface area contributed by atoms with E-state index in [1.165, 1.54) is 25.6 Å². The van der Waals surface area contributed by atoms with Crippen LogP contribution in [0.3, 0.4) is 0 Å². The normalized spacial score (nSPS) is 22.7. The Morgan fingerprint density at radius 2 is 1.76 bits per heavy atom. The van der Waals surface area contributed by atoms with E-state index in [4.69, 9.17) is 19.5 Å². The summed E-state index contributed by atoms with van der Waals surface area (Å²) in [5.74, 6) is -0.240. The van der Waals surface area contributed by atoms with Gasteiger partial charge in [0.25, 0.3) is 0 Å². The first-order chi connectivity index (χ1) is 25.1. The molecule has 2 aromatic heterocycles. The maximum Gasteiger partial charge on any atom is 0.481 e. The number of aliphatic hydroxyl groups excluding tert-OH is 3. The fraction of sp³-hybridized carbons (Fsp3) is 0.731. The van der Waals surface area contributed by atoms with Crippen LogP contribution in [0, 0.1) is 5.41 Å². The van der Waals surface area contributed by atoms with E-state index >= 15 is 0 Å². The zero-order chi connectivity index (χ0) is 40.5. The van der Waals surface area contributed by atoms with Crippen LogP contribution in [0.15, 0.2) is 12.7 Å². The Morgan fingerprint density at radius 3 is 2.43 bits per heavy atom. The van der Waals surface area contributed by atoms with Gasteiger partial charge >= 0.3 is 23.5 Å². The molecule has 1 fully saturated rings. The van der Waals surface area contributed by atoms with Crippen molar-refractivity contribution in [3.8, 4) is 0 Å². The molecular formula is C26H46N7O17P3S. The largest absolute Gasteiger partial charge is 0.481 e. The zero-order valence-electron chi connectivity index (χ0n) is 29.3. The van der Waals surface area contributed by atoms with E-state index in [9.17, 15) is 58.2 Å². The van der Waals surface area contributed by atoms with Crippen molar-refractivity contribution in [2.24, 2.45) is 5.41 Å². The quantitative estimate of drug-likeness (QED) is 0.0488. The lowest BCUT2D eigenvalue weighted by Gasteiger charge is -2.30. The molecule has 0 bridgehead atoms. The number of anilines is 1. The Kier molecular flexibility index (Phi) is 17.0. The fourth-order valence-corrected chi connectivity index (χ4v) is 8.52. The summed E-state index contributed by atoms with van der Waals surface area (Å²) in [4.78, 5) is 75.4. The Hall–Kier alpha value is -2.15. The van der Waals surface area contributed by atoms with Crippen LogP contribution >= 0.6 is 35.2 Å². The summed E-state index contributed by atoms with van der Waals surface area (Å²) in [6, 6.07) is 0. The van der Waals surface area contributed by atoms with Crippen LogP contribution in [0.1, 0.15) is 46.3 Å². The van der Waals surface area contributed by atoms with Crippen LogP contribution in [0.5, 0.6) is 0 Å². The van der Waals surface area contributed by atoms with Gasteiger partial charge in [0.05, 0.1) is 25.6 Å². The van der Waals surface area contributed by atoms with Gasteiger partial charge in [-0.3, -0.25) is 27.7 Å². The molecule has 0 aliphatic carbocycles. The van der Waals surface area contributed by atoms with Gasteiger partial charge in [-0.25, -0.2) is 28.6 Å². The fourth-order valence-electron chi connectivity index (χ4n) is 4.84. The van der Waals surface area contributed by atoms with Crippen LogP contribution in [0.2, 0.25) is 0 Å². The van der Waals surface area contributed by atoms with Crippen LogP contribution in [0.25, 0.3) is 11.2 Å². The highest BCUT2D eigenvalue weighted by molar-refractivity contribution is 7.99. The SMILES string of the molecule is CCCC(O)CSCCNC(=O)CCNC(=O)[C@H](O)C(C)(C)COP(=O)(O)OP(=O)(O)OC[C@H]1O[C@@H](n2cnc3c(N)ncnc32)[C@H](O)[C@@H]1OP(=O)(O)O. The second-order valence-corrected chi connectivity index (χ2v) is 18.0. The number of amides is 2. The summed E-state index contributed by atoms with van der Waals surface area (Å²) in [5.41, 5.74) is 4.29. The van der Waals surface area contributed by atoms with Crippen LogP contribution in [0.4, 0.5) is 5.82 Å². The number of nitrogens with two attached hydrogens (primary N) is 1. The monoisotopic (exact) mass is 853 g/mol. The van der Waals surface area contributed by atoms with Gasteiger partial charge < -0.3 is 56.0 Å². The third-order valence-corrected chi connectivity index (χ3v) is 11.8. The number of rotatable bonds is 23. The number of carbonyl (C=O) groups excluding carboxylic acids is 2. The molecule has 0 radical (unpaired) electrons. The van der Waals surface area contributed by atoms with Crippen LogP contribution < -0.4 is 16.4 Å². The Morgan fingerprint density at radius 1 is 1.07 bits per heavy atom. The van der Waals surface area contributed by atoms with Crippen molar-refractivity contribution in [1.82, 2.24) is 30.2 Å². The lowest BCUT2D eigenvalue weighted by molar-refractivity contribution is -0.137. The van der Waals surface area contributed by atoms with Gasteiger partial charge in [0.1, 0.15) is 36.3 Å². The predicted octanol–water partition coefficient (Wildman–Crippen LogP) is -0.701. The number of thioether (sulfide) groups is 1. The Balaban J connectivity index is 1.50. The first kappa shape index (κ1) is 46.2.